The fraction of sp³-hybridized carbons (Fsp3) is 0.750. The molecule has 6 nitrogen and oxygen atoms in total. The summed E-state index contributed by atoms with van der Waals surface area (Å²) >= 11 is 0. The highest BCUT2D eigenvalue weighted by molar-refractivity contribution is 5.91. The molecular weight excluding hydrogens is 234 g/mol. The van der Waals surface area contributed by atoms with E-state index >= 15 is 0 Å². The third-order valence-corrected chi connectivity index (χ3v) is 2.06. The van der Waals surface area contributed by atoms with Crippen molar-refractivity contribution >= 4 is 17.7 Å². The maximum absolute atomic E-state index is 11.7. The Morgan fingerprint density at radius 3 is 1.72 bits per heavy atom. The Bertz CT molecular complexity index is 334. The lowest BCUT2D eigenvalue weighted by Crippen LogP contribution is -2.54. The van der Waals surface area contributed by atoms with Crippen molar-refractivity contribution in [1.82, 2.24) is 16.0 Å². The highest BCUT2D eigenvalue weighted by Gasteiger charge is 2.22. The molecule has 3 amide bonds. The van der Waals surface area contributed by atoms with Crippen LogP contribution in [0.4, 0.5) is 0 Å². The second-order valence-corrected chi connectivity index (χ2v) is 5.39. The van der Waals surface area contributed by atoms with Crippen molar-refractivity contribution in [2.45, 2.75) is 59.2 Å². The summed E-state index contributed by atoms with van der Waals surface area (Å²) in [7, 11) is 0. The molecule has 104 valence electrons. The van der Waals surface area contributed by atoms with Crippen molar-refractivity contribution in [1.29, 1.82) is 0 Å². The molecule has 0 aliphatic carbocycles. The van der Waals surface area contributed by atoms with Crippen molar-refractivity contribution in [3.8, 4) is 0 Å². The summed E-state index contributed by atoms with van der Waals surface area (Å²) in [5, 5.41) is 7.76. The Hall–Kier alpha value is -1.59. The molecule has 0 rings (SSSR count). The van der Waals surface area contributed by atoms with Gasteiger partial charge < -0.3 is 16.0 Å². The number of amides is 3. The van der Waals surface area contributed by atoms with E-state index in [9.17, 15) is 14.4 Å². The highest BCUT2D eigenvalue weighted by Crippen LogP contribution is 1.99. The fourth-order valence-electron chi connectivity index (χ4n) is 1.25. The maximum Gasteiger partial charge on any atom is 0.242 e. The van der Waals surface area contributed by atoms with Gasteiger partial charge >= 0.3 is 0 Å². The van der Waals surface area contributed by atoms with Crippen molar-refractivity contribution < 1.29 is 14.4 Å². The van der Waals surface area contributed by atoms with Gasteiger partial charge in [-0.15, -0.1) is 0 Å². The van der Waals surface area contributed by atoms with Gasteiger partial charge in [-0.05, 0) is 34.6 Å². The summed E-state index contributed by atoms with van der Waals surface area (Å²) in [6, 6.07) is -1.31. The summed E-state index contributed by atoms with van der Waals surface area (Å²) < 4.78 is 0. The van der Waals surface area contributed by atoms with E-state index in [1.165, 1.54) is 6.92 Å². The van der Waals surface area contributed by atoms with Gasteiger partial charge in [0.05, 0.1) is 0 Å². The summed E-state index contributed by atoms with van der Waals surface area (Å²) in [4.78, 5) is 34.2. The minimum Gasteiger partial charge on any atom is -0.350 e. The van der Waals surface area contributed by atoms with Crippen LogP contribution >= 0.6 is 0 Å². The first-order valence-corrected chi connectivity index (χ1v) is 5.92. The average molecular weight is 257 g/mol. The van der Waals surface area contributed by atoms with E-state index in [1.54, 1.807) is 13.8 Å². The van der Waals surface area contributed by atoms with Gasteiger partial charge in [0.25, 0.3) is 0 Å². The molecule has 3 N–H and O–H groups in total. The highest BCUT2D eigenvalue weighted by atomic mass is 16.2. The molecule has 0 aromatic carbocycles. The van der Waals surface area contributed by atoms with E-state index < -0.39 is 12.1 Å². The smallest absolute Gasteiger partial charge is 0.242 e. The number of rotatable bonds is 4. The minimum absolute atomic E-state index is 0.258. The molecule has 0 radical (unpaired) electrons. The predicted molar refractivity (Wildman–Crippen MR) is 68.8 cm³/mol. The molecule has 0 fully saturated rings. The fourth-order valence-corrected chi connectivity index (χ4v) is 1.25. The molecule has 0 spiro atoms. The molecule has 0 saturated heterocycles. The number of hydrogen-bond acceptors (Lipinski definition) is 3. The zero-order valence-corrected chi connectivity index (χ0v) is 11.9. The molecule has 0 bridgehead atoms. The largest absolute Gasteiger partial charge is 0.350 e. The zero-order chi connectivity index (χ0) is 14.5. The van der Waals surface area contributed by atoms with Crippen LogP contribution in [0.2, 0.25) is 0 Å². The molecule has 2 unspecified atom stereocenters. The molecule has 0 aromatic heterocycles. The third-order valence-electron chi connectivity index (χ3n) is 2.06. The number of nitrogens with one attached hydrogen (secondary N) is 3. The van der Waals surface area contributed by atoms with Gasteiger partial charge in [0, 0.05) is 12.5 Å². The van der Waals surface area contributed by atoms with Gasteiger partial charge in [-0.2, -0.15) is 0 Å². The van der Waals surface area contributed by atoms with E-state index in [0.29, 0.717) is 0 Å². The number of carbonyl (C=O) groups excluding carboxylic acids is 3. The third kappa shape index (κ3) is 6.88. The van der Waals surface area contributed by atoms with Crippen LogP contribution in [0.3, 0.4) is 0 Å². The van der Waals surface area contributed by atoms with Crippen LogP contribution in [0.25, 0.3) is 0 Å². The number of carbonyl (C=O) groups is 3. The lowest BCUT2D eigenvalue weighted by Gasteiger charge is -2.24. The molecule has 0 saturated carbocycles. The van der Waals surface area contributed by atoms with Crippen LogP contribution in [0.5, 0.6) is 0 Å². The Kier molecular flexibility index (Phi) is 5.81. The maximum atomic E-state index is 11.7. The predicted octanol–water partition coefficient (Wildman–Crippen LogP) is -0.0696. The zero-order valence-electron chi connectivity index (χ0n) is 11.9. The quantitative estimate of drug-likeness (QED) is 0.659. The van der Waals surface area contributed by atoms with Gasteiger partial charge in [-0.1, -0.05) is 0 Å². The topological polar surface area (TPSA) is 87.3 Å². The van der Waals surface area contributed by atoms with Crippen LogP contribution < -0.4 is 16.0 Å². The van der Waals surface area contributed by atoms with Crippen molar-refractivity contribution in [3.63, 3.8) is 0 Å². The molecule has 6 heteroatoms. The Labute approximate surface area is 108 Å². The lowest BCUT2D eigenvalue weighted by atomic mass is 10.1. The molecule has 0 aliphatic rings. The molecule has 0 aliphatic heterocycles. The summed E-state index contributed by atoms with van der Waals surface area (Å²) in [5.41, 5.74) is -0.348. The van der Waals surface area contributed by atoms with Crippen molar-refractivity contribution in [2.75, 3.05) is 0 Å². The normalized spacial score (nSPS) is 14.3. The van der Waals surface area contributed by atoms with Crippen molar-refractivity contribution in [2.24, 2.45) is 0 Å². The standard InChI is InChI=1S/C12H23N3O3/c1-7(13-9(3)16)10(17)14-8(2)11(18)15-12(4,5)6/h7-8H,1-6H3,(H,13,16)(H,14,17)(H,15,18). The molecule has 2 atom stereocenters. The number of hydrogen-bond donors (Lipinski definition) is 3. The van der Waals surface area contributed by atoms with Gasteiger partial charge in [0.1, 0.15) is 12.1 Å². The first-order valence-electron chi connectivity index (χ1n) is 5.92. The first kappa shape index (κ1) is 16.4. The van der Waals surface area contributed by atoms with E-state index in [1.807, 2.05) is 20.8 Å². The average Bonchev–Trinajstić information content (AvgIpc) is 2.13. The Balaban J connectivity index is 4.31. The van der Waals surface area contributed by atoms with Gasteiger partial charge in [-0.3, -0.25) is 14.4 Å². The van der Waals surface area contributed by atoms with Crippen LogP contribution in [0, 0.1) is 0 Å². The van der Waals surface area contributed by atoms with Crippen LogP contribution in [-0.2, 0) is 14.4 Å². The van der Waals surface area contributed by atoms with E-state index in [4.69, 9.17) is 0 Å². The van der Waals surface area contributed by atoms with Gasteiger partial charge in [-0.25, -0.2) is 0 Å². The molecular formula is C12H23N3O3. The molecule has 18 heavy (non-hydrogen) atoms. The minimum atomic E-state index is -0.660. The first-order chi connectivity index (χ1) is 8.03. The Morgan fingerprint density at radius 2 is 1.33 bits per heavy atom. The van der Waals surface area contributed by atoms with Gasteiger partial charge in [0.2, 0.25) is 17.7 Å². The van der Waals surface area contributed by atoms with Gasteiger partial charge in [0.15, 0.2) is 0 Å². The van der Waals surface area contributed by atoms with Crippen LogP contribution in [0.1, 0.15) is 41.5 Å². The van der Waals surface area contributed by atoms with Crippen LogP contribution in [0.15, 0.2) is 0 Å². The second-order valence-electron chi connectivity index (χ2n) is 5.39. The lowest BCUT2D eigenvalue weighted by molar-refractivity contribution is -0.131. The second kappa shape index (κ2) is 6.37. The molecule has 0 aromatic rings. The summed E-state index contributed by atoms with van der Waals surface area (Å²) in [6.07, 6.45) is 0. The molecule has 0 heterocycles. The monoisotopic (exact) mass is 257 g/mol. The van der Waals surface area contributed by atoms with Crippen LogP contribution in [-0.4, -0.2) is 35.3 Å². The van der Waals surface area contributed by atoms with Crippen molar-refractivity contribution in [3.05, 3.63) is 0 Å². The Morgan fingerprint density at radius 1 is 0.889 bits per heavy atom. The summed E-state index contributed by atoms with van der Waals surface area (Å²) in [6.45, 7) is 10.1. The van der Waals surface area contributed by atoms with E-state index in [2.05, 4.69) is 16.0 Å². The van der Waals surface area contributed by atoms with E-state index in [0.717, 1.165) is 0 Å². The van der Waals surface area contributed by atoms with E-state index in [-0.39, 0.29) is 23.3 Å². The SMILES string of the molecule is CC(=O)NC(C)C(=O)NC(C)C(=O)NC(C)(C)C. The summed E-state index contributed by atoms with van der Waals surface area (Å²) in [5.74, 6) is -0.933.